The number of hydrogen-bond donors (Lipinski definition) is 1. The third kappa shape index (κ3) is 4.97. The fourth-order valence-electron chi connectivity index (χ4n) is 3.78. The van der Waals surface area contributed by atoms with E-state index in [4.69, 9.17) is 5.14 Å². The average molecular weight is 416 g/mol. The zero-order chi connectivity index (χ0) is 21.2. The number of sulfonamides is 1. The summed E-state index contributed by atoms with van der Waals surface area (Å²) in [4.78, 5) is 16.9. The lowest BCUT2D eigenvalue weighted by molar-refractivity contribution is 0.0784. The van der Waals surface area contributed by atoms with Gasteiger partial charge in [0.15, 0.2) is 0 Å². The van der Waals surface area contributed by atoms with E-state index in [1.807, 2.05) is 12.1 Å². The number of aryl methyl sites for hydroxylation is 1. The van der Waals surface area contributed by atoms with Crippen LogP contribution in [0.4, 0.5) is 5.69 Å². The Bertz CT molecular complexity index is 995. The second kappa shape index (κ2) is 8.55. The summed E-state index contributed by atoms with van der Waals surface area (Å²) in [5.41, 5.74) is 3.86. The SMILES string of the molecule is Cc1cc(C(=O)N(C)Cc2ccc(N3CCCCC3)cc2)cc(S(N)(=O)=O)c1C. The van der Waals surface area contributed by atoms with Crippen LogP contribution in [0.1, 0.15) is 46.3 Å². The molecule has 2 aromatic carbocycles. The maximum atomic E-state index is 12.9. The van der Waals surface area contributed by atoms with Gasteiger partial charge in [-0.25, -0.2) is 13.6 Å². The van der Waals surface area contributed by atoms with Crippen molar-refractivity contribution in [2.45, 2.75) is 44.6 Å². The van der Waals surface area contributed by atoms with E-state index in [1.54, 1.807) is 31.9 Å². The number of anilines is 1. The third-order valence-electron chi connectivity index (χ3n) is 5.60. The maximum absolute atomic E-state index is 12.9. The van der Waals surface area contributed by atoms with Gasteiger partial charge in [0, 0.05) is 37.9 Å². The Kier molecular flexibility index (Phi) is 6.29. The molecular formula is C22H29N3O3S. The molecule has 0 spiro atoms. The number of benzene rings is 2. The van der Waals surface area contributed by atoms with Gasteiger partial charge in [-0.3, -0.25) is 4.79 Å². The molecule has 156 valence electrons. The molecule has 0 unspecified atom stereocenters. The van der Waals surface area contributed by atoms with Crippen molar-refractivity contribution in [3.05, 3.63) is 58.7 Å². The first-order valence-electron chi connectivity index (χ1n) is 9.90. The van der Waals surface area contributed by atoms with Crippen LogP contribution in [0.3, 0.4) is 0 Å². The van der Waals surface area contributed by atoms with Crippen molar-refractivity contribution in [1.82, 2.24) is 4.90 Å². The van der Waals surface area contributed by atoms with E-state index in [1.165, 1.54) is 31.0 Å². The number of carbonyl (C=O) groups excluding carboxylic acids is 1. The monoisotopic (exact) mass is 415 g/mol. The smallest absolute Gasteiger partial charge is 0.253 e. The number of amides is 1. The van der Waals surface area contributed by atoms with Crippen molar-refractivity contribution in [1.29, 1.82) is 0 Å². The highest BCUT2D eigenvalue weighted by Gasteiger charge is 2.20. The van der Waals surface area contributed by atoms with Gasteiger partial charge in [-0.1, -0.05) is 12.1 Å². The Balaban J connectivity index is 1.74. The van der Waals surface area contributed by atoms with Crippen molar-refractivity contribution in [2.24, 2.45) is 5.14 Å². The second-order valence-corrected chi connectivity index (χ2v) is 9.37. The van der Waals surface area contributed by atoms with Crippen LogP contribution in [0.25, 0.3) is 0 Å². The Morgan fingerprint density at radius 3 is 2.28 bits per heavy atom. The van der Waals surface area contributed by atoms with Gasteiger partial charge in [-0.2, -0.15) is 0 Å². The molecule has 0 aliphatic carbocycles. The van der Waals surface area contributed by atoms with Crippen molar-refractivity contribution in [2.75, 3.05) is 25.0 Å². The van der Waals surface area contributed by atoms with Gasteiger partial charge >= 0.3 is 0 Å². The quantitative estimate of drug-likeness (QED) is 0.813. The molecule has 0 atom stereocenters. The molecule has 29 heavy (non-hydrogen) atoms. The molecule has 0 saturated carbocycles. The van der Waals surface area contributed by atoms with Crippen LogP contribution in [-0.2, 0) is 16.6 Å². The predicted octanol–water partition coefficient (Wildman–Crippen LogP) is 3.21. The maximum Gasteiger partial charge on any atom is 0.253 e. The molecule has 1 saturated heterocycles. The van der Waals surface area contributed by atoms with Crippen molar-refractivity contribution in [3.8, 4) is 0 Å². The van der Waals surface area contributed by atoms with Crippen LogP contribution in [0, 0.1) is 13.8 Å². The largest absolute Gasteiger partial charge is 0.372 e. The zero-order valence-corrected chi connectivity index (χ0v) is 18.1. The number of nitrogens with zero attached hydrogens (tertiary/aromatic N) is 2. The van der Waals surface area contributed by atoms with Crippen LogP contribution >= 0.6 is 0 Å². The summed E-state index contributed by atoms with van der Waals surface area (Å²) in [5, 5.41) is 5.31. The Labute approximate surface area is 173 Å². The molecule has 6 nitrogen and oxygen atoms in total. The molecule has 1 aliphatic rings. The molecule has 0 bridgehead atoms. The predicted molar refractivity (Wildman–Crippen MR) is 116 cm³/mol. The highest BCUT2D eigenvalue weighted by molar-refractivity contribution is 7.89. The number of piperidine rings is 1. The molecule has 1 fully saturated rings. The van der Waals surface area contributed by atoms with E-state index in [0.717, 1.165) is 24.2 Å². The summed E-state index contributed by atoms with van der Waals surface area (Å²) < 4.78 is 23.7. The summed E-state index contributed by atoms with van der Waals surface area (Å²) in [5.74, 6) is -0.238. The molecule has 3 rings (SSSR count). The van der Waals surface area contributed by atoms with Gasteiger partial charge in [-0.05, 0) is 74.1 Å². The molecule has 0 aromatic heterocycles. The Hall–Kier alpha value is -2.38. The normalized spacial score (nSPS) is 14.7. The minimum absolute atomic E-state index is 0.000124. The molecule has 1 aliphatic heterocycles. The average Bonchev–Trinajstić information content (AvgIpc) is 2.69. The van der Waals surface area contributed by atoms with Gasteiger partial charge in [-0.15, -0.1) is 0 Å². The van der Waals surface area contributed by atoms with Crippen molar-refractivity contribution in [3.63, 3.8) is 0 Å². The fraction of sp³-hybridized carbons (Fsp3) is 0.409. The first-order chi connectivity index (χ1) is 13.7. The van der Waals surface area contributed by atoms with E-state index in [2.05, 4.69) is 17.0 Å². The second-order valence-electron chi connectivity index (χ2n) is 7.84. The number of carbonyl (C=O) groups is 1. The molecule has 1 heterocycles. The zero-order valence-electron chi connectivity index (χ0n) is 17.3. The highest BCUT2D eigenvalue weighted by Crippen LogP contribution is 2.23. The van der Waals surface area contributed by atoms with Gasteiger partial charge in [0.25, 0.3) is 5.91 Å². The molecule has 7 heteroatoms. The van der Waals surface area contributed by atoms with Gasteiger partial charge < -0.3 is 9.80 Å². The summed E-state index contributed by atoms with van der Waals surface area (Å²) in [6.07, 6.45) is 3.76. The van der Waals surface area contributed by atoms with Gasteiger partial charge in [0.05, 0.1) is 4.90 Å². The minimum Gasteiger partial charge on any atom is -0.372 e. The Morgan fingerprint density at radius 2 is 1.69 bits per heavy atom. The van der Waals surface area contributed by atoms with Crippen molar-refractivity contribution < 1.29 is 13.2 Å². The summed E-state index contributed by atoms with van der Waals surface area (Å²) in [7, 11) is -2.17. The van der Waals surface area contributed by atoms with Crippen LogP contribution in [0.15, 0.2) is 41.3 Å². The topological polar surface area (TPSA) is 83.7 Å². The summed E-state index contributed by atoms with van der Waals surface area (Å²) in [6.45, 7) is 6.10. The van der Waals surface area contributed by atoms with E-state index in [0.29, 0.717) is 17.7 Å². The number of hydrogen-bond acceptors (Lipinski definition) is 4. The lowest BCUT2D eigenvalue weighted by Crippen LogP contribution is -2.29. The lowest BCUT2D eigenvalue weighted by atomic mass is 10.0. The Morgan fingerprint density at radius 1 is 1.07 bits per heavy atom. The highest BCUT2D eigenvalue weighted by atomic mass is 32.2. The van der Waals surface area contributed by atoms with E-state index in [-0.39, 0.29) is 10.8 Å². The van der Waals surface area contributed by atoms with Crippen LogP contribution in [0.2, 0.25) is 0 Å². The summed E-state index contributed by atoms with van der Waals surface area (Å²) in [6, 6.07) is 11.4. The number of primary sulfonamides is 1. The van der Waals surface area contributed by atoms with Crippen LogP contribution in [0.5, 0.6) is 0 Å². The van der Waals surface area contributed by atoms with E-state index < -0.39 is 10.0 Å². The molecule has 2 N–H and O–H groups in total. The molecule has 1 amide bonds. The van der Waals surface area contributed by atoms with Crippen molar-refractivity contribution >= 4 is 21.6 Å². The van der Waals surface area contributed by atoms with Crippen LogP contribution in [-0.4, -0.2) is 39.4 Å². The molecule has 0 radical (unpaired) electrons. The van der Waals surface area contributed by atoms with E-state index in [9.17, 15) is 13.2 Å². The first-order valence-corrected chi connectivity index (χ1v) is 11.4. The third-order valence-corrected chi connectivity index (χ3v) is 6.63. The fourth-order valence-corrected chi connectivity index (χ4v) is 4.66. The van der Waals surface area contributed by atoms with Gasteiger partial charge in [0.2, 0.25) is 10.0 Å². The lowest BCUT2D eigenvalue weighted by Gasteiger charge is -2.29. The van der Waals surface area contributed by atoms with E-state index >= 15 is 0 Å². The number of rotatable bonds is 5. The molecule has 2 aromatic rings. The molecular weight excluding hydrogens is 386 g/mol. The first kappa shape index (κ1) is 21.3. The van der Waals surface area contributed by atoms with Gasteiger partial charge in [0.1, 0.15) is 0 Å². The standard InChI is InChI=1S/C22H29N3O3S/c1-16-13-19(14-21(17(16)2)29(23,27)28)22(26)24(3)15-18-7-9-20(10-8-18)25-11-5-4-6-12-25/h7-10,13-14H,4-6,11-12,15H2,1-3H3,(H2,23,27,28). The summed E-state index contributed by atoms with van der Waals surface area (Å²) >= 11 is 0. The minimum atomic E-state index is -3.89. The van der Waals surface area contributed by atoms with Crippen LogP contribution < -0.4 is 10.0 Å². The number of nitrogens with two attached hydrogens (primary N) is 1.